The maximum absolute atomic E-state index is 12.0. The molecule has 0 fully saturated rings. The van der Waals surface area contributed by atoms with Crippen LogP contribution in [0.15, 0.2) is 18.2 Å². The van der Waals surface area contributed by atoms with E-state index in [4.69, 9.17) is 0 Å². The SMILES string of the molecule is CCc1cccc(C(=O)NNC(C)(C)C)c1C. The van der Waals surface area contributed by atoms with Gasteiger partial charge in [0.25, 0.3) is 5.91 Å². The predicted molar refractivity (Wildman–Crippen MR) is 70.9 cm³/mol. The van der Waals surface area contributed by atoms with Crippen molar-refractivity contribution < 1.29 is 4.79 Å². The largest absolute Gasteiger partial charge is 0.287 e. The molecule has 0 aliphatic carbocycles. The Labute approximate surface area is 104 Å². The lowest BCUT2D eigenvalue weighted by molar-refractivity contribution is 0.0913. The first kappa shape index (κ1) is 13.7. The van der Waals surface area contributed by atoms with Gasteiger partial charge in [-0.05, 0) is 51.3 Å². The Morgan fingerprint density at radius 3 is 2.47 bits per heavy atom. The molecule has 0 spiro atoms. The third-order valence-electron chi connectivity index (χ3n) is 2.62. The van der Waals surface area contributed by atoms with Crippen molar-refractivity contribution in [2.45, 2.75) is 46.6 Å². The van der Waals surface area contributed by atoms with Gasteiger partial charge in [-0.2, -0.15) is 0 Å². The maximum Gasteiger partial charge on any atom is 0.265 e. The van der Waals surface area contributed by atoms with Crippen molar-refractivity contribution >= 4 is 5.91 Å². The van der Waals surface area contributed by atoms with Crippen LogP contribution in [0.3, 0.4) is 0 Å². The quantitative estimate of drug-likeness (QED) is 0.789. The van der Waals surface area contributed by atoms with E-state index in [0.29, 0.717) is 0 Å². The van der Waals surface area contributed by atoms with E-state index in [1.165, 1.54) is 5.56 Å². The highest BCUT2D eigenvalue weighted by Crippen LogP contribution is 2.14. The predicted octanol–water partition coefficient (Wildman–Crippen LogP) is 2.59. The van der Waals surface area contributed by atoms with Crippen molar-refractivity contribution in [3.8, 4) is 0 Å². The molecule has 1 aromatic rings. The first-order chi connectivity index (χ1) is 7.85. The van der Waals surface area contributed by atoms with Crippen LogP contribution in [-0.2, 0) is 6.42 Å². The van der Waals surface area contributed by atoms with Gasteiger partial charge < -0.3 is 0 Å². The molecule has 0 aliphatic heterocycles. The van der Waals surface area contributed by atoms with E-state index in [1.807, 2.05) is 39.8 Å². The highest BCUT2D eigenvalue weighted by Gasteiger charge is 2.14. The van der Waals surface area contributed by atoms with Gasteiger partial charge in [-0.3, -0.25) is 10.2 Å². The Kier molecular flexibility index (Phi) is 4.29. The third kappa shape index (κ3) is 3.86. The van der Waals surface area contributed by atoms with Gasteiger partial charge in [0.05, 0.1) is 0 Å². The number of carbonyl (C=O) groups excluding carboxylic acids is 1. The molecule has 0 saturated carbocycles. The molecule has 0 unspecified atom stereocenters. The monoisotopic (exact) mass is 234 g/mol. The molecule has 0 bridgehead atoms. The number of nitrogens with one attached hydrogen (secondary N) is 2. The van der Waals surface area contributed by atoms with Crippen LogP contribution in [0, 0.1) is 6.92 Å². The molecule has 3 heteroatoms. The zero-order chi connectivity index (χ0) is 13.1. The van der Waals surface area contributed by atoms with Crippen LogP contribution < -0.4 is 10.9 Å². The van der Waals surface area contributed by atoms with Crippen molar-refractivity contribution in [3.63, 3.8) is 0 Å². The average Bonchev–Trinajstić information content (AvgIpc) is 2.25. The van der Waals surface area contributed by atoms with E-state index >= 15 is 0 Å². The summed E-state index contributed by atoms with van der Waals surface area (Å²) < 4.78 is 0. The number of hydrogen-bond donors (Lipinski definition) is 2. The highest BCUT2D eigenvalue weighted by atomic mass is 16.2. The number of aryl methyl sites for hydroxylation is 1. The summed E-state index contributed by atoms with van der Waals surface area (Å²) in [6, 6.07) is 5.84. The zero-order valence-corrected chi connectivity index (χ0v) is 11.3. The Hall–Kier alpha value is -1.35. The van der Waals surface area contributed by atoms with Crippen LogP contribution in [0.2, 0.25) is 0 Å². The van der Waals surface area contributed by atoms with E-state index in [2.05, 4.69) is 23.8 Å². The summed E-state index contributed by atoms with van der Waals surface area (Å²) >= 11 is 0. The van der Waals surface area contributed by atoms with Crippen molar-refractivity contribution in [2.75, 3.05) is 0 Å². The number of amides is 1. The molecule has 1 rings (SSSR count). The number of rotatable bonds is 3. The van der Waals surface area contributed by atoms with Crippen molar-refractivity contribution in [3.05, 3.63) is 34.9 Å². The zero-order valence-electron chi connectivity index (χ0n) is 11.3. The number of benzene rings is 1. The van der Waals surface area contributed by atoms with E-state index < -0.39 is 0 Å². The topological polar surface area (TPSA) is 41.1 Å². The van der Waals surface area contributed by atoms with Crippen LogP contribution in [0.4, 0.5) is 0 Å². The minimum Gasteiger partial charge on any atom is -0.287 e. The number of hydrazine groups is 1. The number of carbonyl (C=O) groups is 1. The molecular formula is C14H22N2O. The number of hydrogen-bond acceptors (Lipinski definition) is 2. The smallest absolute Gasteiger partial charge is 0.265 e. The highest BCUT2D eigenvalue weighted by molar-refractivity contribution is 5.95. The standard InChI is InChI=1S/C14H22N2O/c1-6-11-8-7-9-12(10(11)2)13(17)15-16-14(3,4)5/h7-9,16H,6H2,1-5H3,(H,15,17). The second-order valence-corrected chi connectivity index (χ2v) is 5.27. The minimum absolute atomic E-state index is 0.0762. The van der Waals surface area contributed by atoms with Gasteiger partial charge in [-0.15, -0.1) is 0 Å². The first-order valence-corrected chi connectivity index (χ1v) is 6.01. The Morgan fingerprint density at radius 1 is 1.29 bits per heavy atom. The molecule has 2 N–H and O–H groups in total. The van der Waals surface area contributed by atoms with Gasteiger partial charge in [0, 0.05) is 11.1 Å². The molecule has 0 atom stereocenters. The lowest BCUT2D eigenvalue weighted by atomic mass is 10.0. The van der Waals surface area contributed by atoms with E-state index in [-0.39, 0.29) is 11.4 Å². The first-order valence-electron chi connectivity index (χ1n) is 6.01. The van der Waals surface area contributed by atoms with Crippen LogP contribution in [0.1, 0.15) is 49.2 Å². The lowest BCUT2D eigenvalue weighted by Gasteiger charge is -2.21. The summed E-state index contributed by atoms with van der Waals surface area (Å²) in [4.78, 5) is 12.0. The molecule has 0 heterocycles. The van der Waals surface area contributed by atoms with E-state index in [1.54, 1.807) is 0 Å². The second-order valence-electron chi connectivity index (χ2n) is 5.27. The van der Waals surface area contributed by atoms with Crippen molar-refractivity contribution in [1.29, 1.82) is 0 Å². The molecule has 0 aliphatic rings. The Bertz CT molecular complexity index is 405. The summed E-state index contributed by atoms with van der Waals surface area (Å²) in [5.74, 6) is -0.0762. The summed E-state index contributed by atoms with van der Waals surface area (Å²) in [6.45, 7) is 10.1. The van der Waals surface area contributed by atoms with Gasteiger partial charge in [0.2, 0.25) is 0 Å². The summed E-state index contributed by atoms with van der Waals surface area (Å²) in [5, 5.41) is 0. The minimum atomic E-state index is -0.133. The Balaban J connectivity index is 2.83. The van der Waals surface area contributed by atoms with Crippen LogP contribution in [-0.4, -0.2) is 11.4 Å². The molecule has 94 valence electrons. The fourth-order valence-corrected chi connectivity index (χ4v) is 1.62. The molecule has 17 heavy (non-hydrogen) atoms. The molecule has 0 saturated heterocycles. The average molecular weight is 234 g/mol. The van der Waals surface area contributed by atoms with Crippen LogP contribution in [0.5, 0.6) is 0 Å². The van der Waals surface area contributed by atoms with Gasteiger partial charge in [0.1, 0.15) is 0 Å². The lowest BCUT2D eigenvalue weighted by Crippen LogP contribution is -2.48. The molecular weight excluding hydrogens is 212 g/mol. The molecule has 0 aromatic heterocycles. The van der Waals surface area contributed by atoms with Gasteiger partial charge in [-0.25, -0.2) is 5.43 Å². The van der Waals surface area contributed by atoms with E-state index in [9.17, 15) is 4.79 Å². The fourth-order valence-electron chi connectivity index (χ4n) is 1.62. The van der Waals surface area contributed by atoms with Crippen molar-refractivity contribution in [2.24, 2.45) is 0 Å². The van der Waals surface area contributed by atoms with Crippen LogP contribution >= 0.6 is 0 Å². The van der Waals surface area contributed by atoms with E-state index in [0.717, 1.165) is 17.5 Å². The molecule has 1 aromatic carbocycles. The molecule has 0 radical (unpaired) electrons. The molecule has 1 amide bonds. The van der Waals surface area contributed by atoms with Gasteiger partial charge >= 0.3 is 0 Å². The Morgan fingerprint density at radius 2 is 1.94 bits per heavy atom. The molecule has 3 nitrogen and oxygen atoms in total. The second kappa shape index (κ2) is 5.32. The summed E-state index contributed by atoms with van der Waals surface area (Å²) in [5.41, 5.74) is 8.61. The maximum atomic E-state index is 12.0. The third-order valence-corrected chi connectivity index (χ3v) is 2.62. The van der Waals surface area contributed by atoms with Crippen LogP contribution in [0.25, 0.3) is 0 Å². The summed E-state index contributed by atoms with van der Waals surface area (Å²) in [7, 11) is 0. The fraction of sp³-hybridized carbons (Fsp3) is 0.500. The van der Waals surface area contributed by atoms with Crippen molar-refractivity contribution in [1.82, 2.24) is 10.9 Å². The van der Waals surface area contributed by atoms with Gasteiger partial charge in [-0.1, -0.05) is 19.1 Å². The summed E-state index contributed by atoms with van der Waals surface area (Å²) in [6.07, 6.45) is 0.944. The normalized spacial score (nSPS) is 11.4. The van der Waals surface area contributed by atoms with Gasteiger partial charge in [0.15, 0.2) is 0 Å².